The molecule has 0 spiro atoms. The smallest absolute Gasteiger partial charge is 0.417 e. The van der Waals surface area contributed by atoms with E-state index in [1.807, 2.05) is 36.4 Å². The van der Waals surface area contributed by atoms with Crippen molar-refractivity contribution in [3.8, 4) is 34.0 Å². The minimum absolute atomic E-state index is 0.0100. The number of hydrogen-bond acceptors (Lipinski definition) is 3. The van der Waals surface area contributed by atoms with E-state index in [-0.39, 0.29) is 22.2 Å². The third-order valence-electron chi connectivity index (χ3n) is 5.40. The lowest BCUT2D eigenvalue weighted by atomic mass is 10.0. The Bertz CT molecular complexity index is 1320. The van der Waals surface area contributed by atoms with Crippen molar-refractivity contribution in [3.05, 3.63) is 89.2 Å². The molecule has 3 aromatic carbocycles. The molecule has 0 saturated heterocycles. The molecule has 0 amide bonds. The number of alkyl halides is 3. The Balaban J connectivity index is 1.90. The quantitative estimate of drug-likeness (QED) is 0.327. The number of hydrogen-bond donors (Lipinski definition) is 1. The summed E-state index contributed by atoms with van der Waals surface area (Å²) in [4.78, 5) is 4.37. The monoisotopic (exact) mass is 486 g/mol. The van der Waals surface area contributed by atoms with Crippen LogP contribution in [0, 0.1) is 0 Å². The molecule has 0 aliphatic heterocycles. The van der Waals surface area contributed by atoms with Crippen LogP contribution in [0.5, 0.6) is 5.75 Å². The van der Waals surface area contributed by atoms with Crippen molar-refractivity contribution in [2.45, 2.75) is 25.6 Å². The fraction of sp³-hybridized carbons (Fsp3) is 0.192. The first kappa shape index (κ1) is 23.9. The number of nitrogens with zero attached hydrogens (tertiary/aromatic N) is 2. The minimum atomic E-state index is -4.59. The molecule has 176 valence electrons. The summed E-state index contributed by atoms with van der Waals surface area (Å²) in [6.07, 6.45) is -4.59. The van der Waals surface area contributed by atoms with Crippen molar-refractivity contribution in [2.75, 3.05) is 7.11 Å². The summed E-state index contributed by atoms with van der Waals surface area (Å²) in [7, 11) is 1.59. The molecule has 34 heavy (non-hydrogen) atoms. The average Bonchev–Trinajstić information content (AvgIpc) is 3.16. The lowest BCUT2D eigenvalue weighted by molar-refractivity contribution is -0.137. The zero-order valence-corrected chi connectivity index (χ0v) is 19.4. The van der Waals surface area contributed by atoms with Gasteiger partial charge in [0.25, 0.3) is 0 Å². The maximum atomic E-state index is 13.8. The van der Waals surface area contributed by atoms with Gasteiger partial charge in [0.1, 0.15) is 28.0 Å². The number of methoxy groups -OCH3 is 1. The van der Waals surface area contributed by atoms with Crippen molar-refractivity contribution >= 4 is 11.6 Å². The number of aromatic nitrogens is 2. The van der Waals surface area contributed by atoms with E-state index >= 15 is 0 Å². The van der Waals surface area contributed by atoms with Gasteiger partial charge in [-0.1, -0.05) is 54.1 Å². The Morgan fingerprint density at radius 2 is 1.59 bits per heavy atom. The van der Waals surface area contributed by atoms with Crippen LogP contribution in [0.3, 0.4) is 0 Å². The number of aliphatic hydroxyl groups is 1. The molecule has 4 aromatic rings. The van der Waals surface area contributed by atoms with E-state index in [0.717, 1.165) is 17.2 Å². The molecule has 1 heterocycles. The lowest BCUT2D eigenvalue weighted by Crippen LogP contribution is -2.16. The van der Waals surface area contributed by atoms with Crippen molar-refractivity contribution in [1.29, 1.82) is 0 Å². The number of ether oxygens (including phenoxy) is 1. The summed E-state index contributed by atoms with van der Waals surface area (Å²) in [5.41, 5.74) is -0.0476. The van der Waals surface area contributed by atoms with Gasteiger partial charge in [-0.05, 0) is 55.3 Å². The summed E-state index contributed by atoms with van der Waals surface area (Å²) in [6, 6.07) is 19.9. The summed E-state index contributed by atoms with van der Waals surface area (Å²) in [6.45, 7) is 2.97. The molecule has 8 heteroatoms. The van der Waals surface area contributed by atoms with Crippen molar-refractivity contribution < 1.29 is 23.0 Å². The molecule has 0 aliphatic rings. The van der Waals surface area contributed by atoms with Gasteiger partial charge >= 0.3 is 6.18 Å². The molecule has 4 nitrogen and oxygen atoms in total. The summed E-state index contributed by atoms with van der Waals surface area (Å²) >= 11 is 6.60. The maximum absolute atomic E-state index is 13.8. The van der Waals surface area contributed by atoms with Crippen molar-refractivity contribution in [3.63, 3.8) is 0 Å². The van der Waals surface area contributed by atoms with Crippen LogP contribution < -0.4 is 4.74 Å². The zero-order chi connectivity index (χ0) is 24.7. The molecule has 0 bridgehead atoms. The number of benzene rings is 3. The Labute approximate surface area is 200 Å². The van der Waals surface area contributed by atoms with Gasteiger partial charge in [-0.2, -0.15) is 13.2 Å². The van der Waals surface area contributed by atoms with Gasteiger partial charge in [-0.25, -0.2) is 4.98 Å². The SMILES string of the molecule is COc1cccc(-c2ccc(-n3c(-c4ccccc4C(F)(F)F)nc(C(C)(C)O)c3Cl)cc2)c1. The molecule has 4 rings (SSSR count). The Hall–Kier alpha value is -3.29. The van der Waals surface area contributed by atoms with Crippen molar-refractivity contribution in [1.82, 2.24) is 9.55 Å². The standard InChI is InChI=1S/C26H22ClF3N2O2/c1-25(2,33)22-23(27)32(24(31-22)20-9-4-5-10-21(20)26(28,29)30)18-13-11-16(12-14-18)17-7-6-8-19(15-17)34-3/h4-15,33H,1-3H3. The molecule has 0 atom stereocenters. The highest BCUT2D eigenvalue weighted by molar-refractivity contribution is 6.30. The van der Waals surface area contributed by atoms with Crippen LogP contribution >= 0.6 is 11.6 Å². The molecule has 0 aliphatic carbocycles. The van der Waals surface area contributed by atoms with Crippen molar-refractivity contribution in [2.24, 2.45) is 0 Å². The highest BCUT2D eigenvalue weighted by Gasteiger charge is 2.36. The fourth-order valence-electron chi connectivity index (χ4n) is 3.74. The van der Waals surface area contributed by atoms with E-state index in [1.54, 1.807) is 19.2 Å². The first-order valence-electron chi connectivity index (χ1n) is 10.4. The van der Waals surface area contributed by atoms with E-state index in [2.05, 4.69) is 4.98 Å². The number of rotatable bonds is 5. The van der Waals surface area contributed by atoms with E-state index < -0.39 is 17.3 Å². The van der Waals surface area contributed by atoms with Crippen LogP contribution in [0.2, 0.25) is 5.15 Å². The van der Waals surface area contributed by atoms with Crippen LogP contribution in [0.25, 0.3) is 28.2 Å². The Morgan fingerprint density at radius 3 is 2.21 bits per heavy atom. The molecular formula is C26H22ClF3N2O2. The van der Waals surface area contributed by atoms with Gasteiger partial charge in [-0.15, -0.1) is 0 Å². The minimum Gasteiger partial charge on any atom is -0.497 e. The van der Waals surface area contributed by atoms with Gasteiger partial charge < -0.3 is 9.84 Å². The highest BCUT2D eigenvalue weighted by atomic mass is 35.5. The van der Waals surface area contributed by atoms with Crippen LogP contribution in [0.15, 0.2) is 72.8 Å². The zero-order valence-electron chi connectivity index (χ0n) is 18.7. The third kappa shape index (κ3) is 4.54. The van der Waals surface area contributed by atoms with Gasteiger partial charge in [-0.3, -0.25) is 4.57 Å². The molecular weight excluding hydrogens is 465 g/mol. The fourth-order valence-corrected chi connectivity index (χ4v) is 4.19. The van der Waals surface area contributed by atoms with E-state index in [4.69, 9.17) is 16.3 Å². The second kappa shape index (κ2) is 8.81. The predicted octanol–water partition coefficient (Wildman–Crippen LogP) is 7.11. The molecule has 0 saturated carbocycles. The summed E-state index contributed by atoms with van der Waals surface area (Å²) in [5.74, 6) is 0.698. The molecule has 0 fully saturated rings. The van der Waals surface area contributed by atoms with Gasteiger partial charge in [0.2, 0.25) is 0 Å². The number of halogens is 4. The Kier molecular flexibility index (Phi) is 6.18. The average molecular weight is 487 g/mol. The molecule has 1 N–H and O–H groups in total. The second-order valence-electron chi connectivity index (χ2n) is 8.29. The maximum Gasteiger partial charge on any atom is 0.417 e. The first-order valence-corrected chi connectivity index (χ1v) is 10.8. The predicted molar refractivity (Wildman–Crippen MR) is 126 cm³/mol. The molecule has 0 radical (unpaired) electrons. The highest BCUT2D eigenvalue weighted by Crippen LogP contribution is 2.41. The van der Waals surface area contributed by atoms with Gasteiger partial charge in [0.15, 0.2) is 0 Å². The Morgan fingerprint density at radius 1 is 0.912 bits per heavy atom. The largest absolute Gasteiger partial charge is 0.497 e. The van der Waals surface area contributed by atoms with E-state index in [9.17, 15) is 18.3 Å². The third-order valence-corrected chi connectivity index (χ3v) is 5.75. The van der Waals surface area contributed by atoms with Crippen LogP contribution in [-0.2, 0) is 11.8 Å². The van der Waals surface area contributed by atoms with Crippen LogP contribution in [0.1, 0.15) is 25.1 Å². The van der Waals surface area contributed by atoms with E-state index in [0.29, 0.717) is 11.4 Å². The molecule has 0 unspecified atom stereocenters. The number of imidazole rings is 1. The normalized spacial score (nSPS) is 12.1. The summed E-state index contributed by atoms with van der Waals surface area (Å²) < 4.78 is 48.0. The topological polar surface area (TPSA) is 47.3 Å². The second-order valence-corrected chi connectivity index (χ2v) is 8.65. The van der Waals surface area contributed by atoms with E-state index in [1.165, 1.54) is 36.6 Å². The van der Waals surface area contributed by atoms with Crippen LogP contribution in [0.4, 0.5) is 13.2 Å². The summed E-state index contributed by atoms with van der Waals surface area (Å²) in [5, 5.41) is 10.6. The lowest BCUT2D eigenvalue weighted by Gasteiger charge is -2.15. The van der Waals surface area contributed by atoms with Crippen LogP contribution in [-0.4, -0.2) is 21.8 Å². The first-order chi connectivity index (χ1) is 16.0. The molecule has 1 aromatic heterocycles. The van der Waals surface area contributed by atoms with Gasteiger partial charge in [0, 0.05) is 11.3 Å². The van der Waals surface area contributed by atoms with Gasteiger partial charge in [0.05, 0.1) is 12.7 Å².